The summed E-state index contributed by atoms with van der Waals surface area (Å²) < 4.78 is 19.2. The molecule has 1 saturated heterocycles. The summed E-state index contributed by atoms with van der Waals surface area (Å²) >= 11 is 0. The average molecular weight is 359 g/mol. The van der Waals surface area contributed by atoms with Crippen molar-refractivity contribution in [2.45, 2.75) is 19.1 Å². The molecule has 140 valence electrons. The van der Waals surface area contributed by atoms with Crippen molar-refractivity contribution < 1.29 is 19.0 Å². The molecule has 1 fully saturated rings. The number of aryl methyl sites for hydroxylation is 1. The average Bonchev–Trinajstić information content (AvgIpc) is 2.94. The van der Waals surface area contributed by atoms with Crippen molar-refractivity contribution in [1.82, 2.24) is 14.5 Å². The van der Waals surface area contributed by atoms with Crippen LogP contribution < -0.4 is 4.74 Å². The zero-order valence-corrected chi connectivity index (χ0v) is 15.3. The highest BCUT2D eigenvalue weighted by molar-refractivity contribution is 5.76. The van der Waals surface area contributed by atoms with Gasteiger partial charge in [0.25, 0.3) is 0 Å². The minimum absolute atomic E-state index is 0.0118. The number of methoxy groups -OCH3 is 1. The molecule has 0 spiro atoms. The van der Waals surface area contributed by atoms with Crippen LogP contribution in [0.1, 0.15) is 5.82 Å². The van der Waals surface area contributed by atoms with Gasteiger partial charge in [0, 0.05) is 26.0 Å². The molecular formula is C19H25N3O4. The number of hydrogen-bond donors (Lipinski definition) is 0. The number of carbonyl (C=O) groups excluding carboxylic acids is 1. The van der Waals surface area contributed by atoms with Crippen LogP contribution >= 0.6 is 0 Å². The number of carbonyl (C=O) groups is 1. The zero-order valence-electron chi connectivity index (χ0n) is 15.3. The standard InChI is InChI=1S/C19H25N3O4/c1-16-20-8-9-21(16)12-18(23)22-10-11-25-14-19(13-22,24-2)15-26-17-6-4-3-5-7-17/h3-9H,10-15H2,1-2H3/t19-/m1/s1. The van der Waals surface area contributed by atoms with E-state index in [1.54, 1.807) is 18.2 Å². The lowest BCUT2D eigenvalue weighted by Crippen LogP contribution is -2.52. The van der Waals surface area contributed by atoms with Gasteiger partial charge in [-0.15, -0.1) is 0 Å². The lowest BCUT2D eigenvalue weighted by molar-refractivity contribution is -0.137. The molecule has 1 atom stereocenters. The fraction of sp³-hybridized carbons (Fsp3) is 0.474. The lowest BCUT2D eigenvalue weighted by atomic mass is 10.1. The molecule has 2 heterocycles. The van der Waals surface area contributed by atoms with Gasteiger partial charge in [0.1, 0.15) is 30.3 Å². The Balaban J connectivity index is 1.67. The predicted molar refractivity (Wildman–Crippen MR) is 96.0 cm³/mol. The summed E-state index contributed by atoms with van der Waals surface area (Å²) in [6, 6.07) is 9.56. The summed E-state index contributed by atoms with van der Waals surface area (Å²) in [6.07, 6.45) is 3.50. The molecule has 1 aliphatic heterocycles. The second-order valence-electron chi connectivity index (χ2n) is 6.46. The number of nitrogens with zero attached hydrogens (tertiary/aromatic N) is 3. The quantitative estimate of drug-likeness (QED) is 0.782. The number of imidazole rings is 1. The summed E-state index contributed by atoms with van der Waals surface area (Å²) in [7, 11) is 1.63. The monoisotopic (exact) mass is 359 g/mol. The number of hydrogen-bond acceptors (Lipinski definition) is 5. The van der Waals surface area contributed by atoms with E-state index in [-0.39, 0.29) is 12.5 Å². The Morgan fingerprint density at radius 2 is 2.15 bits per heavy atom. The van der Waals surface area contributed by atoms with Crippen LogP contribution in [0, 0.1) is 6.92 Å². The SMILES string of the molecule is CO[C@@]1(COc2ccccc2)COCCN(C(=O)Cn2ccnc2C)C1. The van der Waals surface area contributed by atoms with E-state index in [1.807, 2.05) is 48.0 Å². The summed E-state index contributed by atoms with van der Waals surface area (Å²) in [5.74, 6) is 1.59. The van der Waals surface area contributed by atoms with Crippen LogP contribution in [0.5, 0.6) is 5.75 Å². The first-order valence-corrected chi connectivity index (χ1v) is 8.68. The number of aromatic nitrogens is 2. The Bertz CT molecular complexity index is 719. The topological polar surface area (TPSA) is 65.8 Å². The third-order valence-corrected chi connectivity index (χ3v) is 4.61. The highest BCUT2D eigenvalue weighted by Gasteiger charge is 2.37. The highest BCUT2D eigenvalue weighted by Crippen LogP contribution is 2.20. The van der Waals surface area contributed by atoms with Crippen LogP contribution in [0.4, 0.5) is 0 Å². The van der Waals surface area contributed by atoms with Gasteiger partial charge in [-0.1, -0.05) is 18.2 Å². The van der Waals surface area contributed by atoms with E-state index in [0.717, 1.165) is 11.6 Å². The van der Waals surface area contributed by atoms with Crippen LogP contribution in [0.25, 0.3) is 0 Å². The van der Waals surface area contributed by atoms with E-state index in [9.17, 15) is 4.79 Å². The fourth-order valence-electron chi connectivity index (χ4n) is 2.94. The van der Waals surface area contributed by atoms with Gasteiger partial charge in [-0.3, -0.25) is 4.79 Å². The van der Waals surface area contributed by atoms with Gasteiger partial charge < -0.3 is 23.7 Å². The summed E-state index contributed by atoms with van der Waals surface area (Å²) in [5, 5.41) is 0. The Kier molecular flexibility index (Phi) is 5.90. The second-order valence-corrected chi connectivity index (χ2v) is 6.46. The van der Waals surface area contributed by atoms with E-state index in [2.05, 4.69) is 4.98 Å². The van der Waals surface area contributed by atoms with Crippen LogP contribution in [0.2, 0.25) is 0 Å². The first-order valence-electron chi connectivity index (χ1n) is 8.68. The maximum absolute atomic E-state index is 12.8. The summed E-state index contributed by atoms with van der Waals surface area (Å²) in [4.78, 5) is 18.7. The normalized spacial score (nSPS) is 20.6. The third kappa shape index (κ3) is 4.42. The molecule has 0 aliphatic carbocycles. The molecular weight excluding hydrogens is 334 g/mol. The molecule has 1 aromatic heterocycles. The Labute approximate surface area is 153 Å². The Morgan fingerprint density at radius 1 is 1.35 bits per heavy atom. The smallest absolute Gasteiger partial charge is 0.242 e. The van der Waals surface area contributed by atoms with E-state index in [4.69, 9.17) is 14.2 Å². The molecule has 0 N–H and O–H groups in total. The first-order chi connectivity index (χ1) is 12.6. The molecule has 2 aromatic rings. The zero-order chi connectivity index (χ0) is 18.4. The number of benzene rings is 1. The maximum Gasteiger partial charge on any atom is 0.242 e. The minimum atomic E-state index is -0.702. The van der Waals surface area contributed by atoms with Gasteiger partial charge in [-0.25, -0.2) is 4.98 Å². The number of para-hydroxylation sites is 1. The van der Waals surface area contributed by atoms with Gasteiger partial charge in [-0.2, -0.15) is 0 Å². The van der Waals surface area contributed by atoms with Crippen LogP contribution in [0.3, 0.4) is 0 Å². The fourth-order valence-corrected chi connectivity index (χ4v) is 2.94. The van der Waals surface area contributed by atoms with Crippen molar-refractivity contribution in [2.75, 3.05) is 40.0 Å². The van der Waals surface area contributed by atoms with Gasteiger partial charge in [0.15, 0.2) is 0 Å². The largest absolute Gasteiger partial charge is 0.490 e. The maximum atomic E-state index is 12.8. The predicted octanol–water partition coefficient (Wildman–Crippen LogP) is 1.51. The molecule has 0 bridgehead atoms. The van der Waals surface area contributed by atoms with Gasteiger partial charge >= 0.3 is 0 Å². The molecule has 0 saturated carbocycles. The van der Waals surface area contributed by atoms with Gasteiger partial charge in [-0.05, 0) is 19.1 Å². The van der Waals surface area contributed by atoms with Crippen LogP contribution in [0.15, 0.2) is 42.7 Å². The molecule has 1 aromatic carbocycles. The molecule has 7 heteroatoms. The van der Waals surface area contributed by atoms with Gasteiger partial charge in [0.05, 0.1) is 19.8 Å². The molecule has 1 aliphatic rings. The number of amides is 1. The van der Waals surface area contributed by atoms with Crippen LogP contribution in [-0.4, -0.2) is 66.0 Å². The first kappa shape index (κ1) is 18.4. The van der Waals surface area contributed by atoms with Crippen LogP contribution in [-0.2, 0) is 20.8 Å². The van der Waals surface area contributed by atoms with Crippen molar-refractivity contribution >= 4 is 5.91 Å². The van der Waals surface area contributed by atoms with E-state index < -0.39 is 5.60 Å². The molecule has 7 nitrogen and oxygen atoms in total. The Hall–Kier alpha value is -2.38. The molecule has 1 amide bonds. The summed E-state index contributed by atoms with van der Waals surface area (Å²) in [6.45, 7) is 4.25. The van der Waals surface area contributed by atoms with Gasteiger partial charge in [0.2, 0.25) is 5.91 Å². The van der Waals surface area contributed by atoms with Crippen molar-refractivity contribution in [3.8, 4) is 5.75 Å². The Morgan fingerprint density at radius 3 is 2.85 bits per heavy atom. The lowest BCUT2D eigenvalue weighted by Gasteiger charge is -2.34. The number of rotatable bonds is 6. The molecule has 26 heavy (non-hydrogen) atoms. The minimum Gasteiger partial charge on any atom is -0.490 e. The second kappa shape index (κ2) is 8.33. The van der Waals surface area contributed by atoms with Crippen molar-refractivity contribution in [3.05, 3.63) is 48.5 Å². The van der Waals surface area contributed by atoms with E-state index in [1.165, 1.54) is 0 Å². The van der Waals surface area contributed by atoms with Crippen molar-refractivity contribution in [3.63, 3.8) is 0 Å². The van der Waals surface area contributed by atoms with Crippen molar-refractivity contribution in [2.24, 2.45) is 0 Å². The van der Waals surface area contributed by atoms with E-state index >= 15 is 0 Å². The van der Waals surface area contributed by atoms with E-state index in [0.29, 0.717) is 32.9 Å². The highest BCUT2D eigenvalue weighted by atomic mass is 16.6. The number of ether oxygens (including phenoxy) is 3. The van der Waals surface area contributed by atoms with Crippen molar-refractivity contribution in [1.29, 1.82) is 0 Å². The molecule has 3 rings (SSSR count). The third-order valence-electron chi connectivity index (χ3n) is 4.61. The molecule has 0 unspecified atom stereocenters. The molecule has 0 radical (unpaired) electrons. The summed E-state index contributed by atoms with van der Waals surface area (Å²) in [5.41, 5.74) is -0.702.